The maximum Gasteiger partial charge on any atom is 0.261 e. The fourth-order valence-electron chi connectivity index (χ4n) is 2.93. The summed E-state index contributed by atoms with van der Waals surface area (Å²) in [6.45, 7) is 1.72. The van der Waals surface area contributed by atoms with E-state index in [1.807, 2.05) is 6.07 Å². The van der Waals surface area contributed by atoms with Gasteiger partial charge in [0.25, 0.3) is 5.56 Å². The van der Waals surface area contributed by atoms with Crippen LogP contribution in [-0.4, -0.2) is 38.9 Å². The molecular weight excluding hydrogens is 418 g/mol. The molecule has 0 atom stereocenters. The second-order valence-electron chi connectivity index (χ2n) is 6.26. The molecule has 0 aliphatic carbocycles. The lowest BCUT2D eigenvalue weighted by atomic mass is 10.2. The Kier molecular flexibility index (Phi) is 4.60. The van der Waals surface area contributed by atoms with Gasteiger partial charge < -0.3 is 10.2 Å². The summed E-state index contributed by atoms with van der Waals surface area (Å²) < 4.78 is 2.11. The molecule has 4 rings (SSSR count). The summed E-state index contributed by atoms with van der Waals surface area (Å²) in [6.07, 6.45) is 2.29. The predicted octanol–water partition coefficient (Wildman–Crippen LogP) is 2.24. The Balaban J connectivity index is 1.53. The number of anilines is 1. The molecule has 3 heterocycles. The molecule has 0 bridgehead atoms. The van der Waals surface area contributed by atoms with Gasteiger partial charge in [-0.3, -0.25) is 14.2 Å². The monoisotopic (exact) mass is 433 g/mol. The molecule has 2 aromatic heterocycles. The Morgan fingerprint density at radius 2 is 2.27 bits per heavy atom. The largest absolute Gasteiger partial charge is 0.301 e. The molecule has 7 nitrogen and oxygen atoms in total. The molecule has 1 aliphatic heterocycles. The number of aromatic nitrogens is 3. The van der Waals surface area contributed by atoms with Gasteiger partial charge in [-0.15, -0.1) is 11.3 Å². The number of likely N-dealkylation sites (N-methyl/N-ethyl adjacent to an activating group) is 1. The highest BCUT2D eigenvalue weighted by molar-refractivity contribution is 9.10. The van der Waals surface area contributed by atoms with Crippen molar-refractivity contribution < 1.29 is 4.79 Å². The molecule has 1 amide bonds. The first-order valence-electron chi connectivity index (χ1n) is 8.11. The zero-order valence-corrected chi connectivity index (χ0v) is 16.4. The number of hydrogen-bond acceptors (Lipinski definition) is 6. The summed E-state index contributed by atoms with van der Waals surface area (Å²) in [5.74, 6) is -0.289. The number of thiazole rings is 1. The topological polar surface area (TPSA) is 80.1 Å². The van der Waals surface area contributed by atoms with Crippen molar-refractivity contribution in [1.29, 1.82) is 0 Å². The van der Waals surface area contributed by atoms with Gasteiger partial charge in [0.15, 0.2) is 5.13 Å². The van der Waals surface area contributed by atoms with Gasteiger partial charge in [0.2, 0.25) is 5.91 Å². The third-order valence-electron chi connectivity index (χ3n) is 4.27. The maximum absolute atomic E-state index is 12.6. The fraction of sp³-hybridized carbons (Fsp3) is 0.294. The van der Waals surface area contributed by atoms with Crippen molar-refractivity contribution in [2.24, 2.45) is 0 Å². The number of amides is 1. The van der Waals surface area contributed by atoms with Crippen LogP contribution in [0.15, 0.2) is 33.8 Å². The van der Waals surface area contributed by atoms with Crippen molar-refractivity contribution in [1.82, 2.24) is 19.4 Å². The summed E-state index contributed by atoms with van der Waals surface area (Å²) in [7, 11) is 2.07. The number of hydrogen-bond donors (Lipinski definition) is 1. The summed E-state index contributed by atoms with van der Waals surface area (Å²) >= 11 is 4.85. The van der Waals surface area contributed by atoms with Crippen LogP contribution >= 0.6 is 27.3 Å². The van der Waals surface area contributed by atoms with E-state index in [4.69, 9.17) is 0 Å². The molecule has 3 aromatic rings. The highest BCUT2D eigenvalue weighted by atomic mass is 79.9. The molecule has 9 heteroatoms. The van der Waals surface area contributed by atoms with E-state index in [1.165, 1.54) is 27.1 Å². The van der Waals surface area contributed by atoms with Crippen LogP contribution in [0.1, 0.15) is 10.6 Å². The van der Waals surface area contributed by atoms with E-state index in [0.29, 0.717) is 16.0 Å². The van der Waals surface area contributed by atoms with Crippen LogP contribution in [0.3, 0.4) is 0 Å². The number of halogens is 1. The minimum absolute atomic E-state index is 0.0988. The molecule has 0 saturated carbocycles. The minimum Gasteiger partial charge on any atom is -0.301 e. The zero-order chi connectivity index (χ0) is 18.3. The number of rotatable bonds is 3. The highest BCUT2D eigenvalue weighted by Crippen LogP contribution is 2.27. The highest BCUT2D eigenvalue weighted by Gasteiger charge is 2.19. The van der Waals surface area contributed by atoms with Gasteiger partial charge in [-0.25, -0.2) is 9.97 Å². The lowest BCUT2D eigenvalue weighted by Crippen LogP contribution is -2.28. The lowest BCUT2D eigenvalue weighted by Gasteiger charge is -2.20. The van der Waals surface area contributed by atoms with Gasteiger partial charge in [0.05, 0.1) is 22.9 Å². The zero-order valence-electron chi connectivity index (χ0n) is 14.0. The van der Waals surface area contributed by atoms with Gasteiger partial charge >= 0.3 is 0 Å². The van der Waals surface area contributed by atoms with E-state index >= 15 is 0 Å². The Morgan fingerprint density at radius 1 is 1.42 bits per heavy atom. The summed E-state index contributed by atoms with van der Waals surface area (Å²) in [5, 5.41) is 3.86. The summed E-state index contributed by atoms with van der Waals surface area (Å²) in [4.78, 5) is 37.1. The number of benzene rings is 1. The molecule has 1 aliphatic rings. The van der Waals surface area contributed by atoms with Crippen LogP contribution < -0.4 is 10.9 Å². The molecule has 0 unspecified atom stereocenters. The van der Waals surface area contributed by atoms with E-state index in [-0.39, 0.29) is 18.0 Å². The van der Waals surface area contributed by atoms with Crippen molar-refractivity contribution in [3.8, 4) is 0 Å². The second kappa shape index (κ2) is 6.90. The first-order valence-corrected chi connectivity index (χ1v) is 9.72. The van der Waals surface area contributed by atoms with Gasteiger partial charge in [-0.1, -0.05) is 15.9 Å². The second-order valence-corrected chi connectivity index (χ2v) is 8.26. The van der Waals surface area contributed by atoms with Crippen LogP contribution in [-0.2, 0) is 24.3 Å². The quantitative estimate of drug-likeness (QED) is 0.684. The predicted molar refractivity (Wildman–Crippen MR) is 104 cm³/mol. The fourth-order valence-corrected chi connectivity index (χ4v) is 4.40. The molecule has 0 fully saturated rings. The lowest BCUT2D eigenvalue weighted by molar-refractivity contribution is -0.116. The standard InChI is InChI=1S/C17H16BrN5O2S/c1-22-5-4-13-14(7-22)26-17(20-13)21-15(24)8-23-9-19-12-3-2-10(18)6-11(12)16(23)25/h2-3,6,9H,4-5,7-8H2,1H3,(H,20,21,24). The molecule has 0 spiro atoms. The number of fused-ring (bicyclic) bond motifs is 2. The van der Waals surface area contributed by atoms with E-state index in [0.717, 1.165) is 29.7 Å². The number of nitrogens with zero attached hydrogens (tertiary/aromatic N) is 4. The molecular formula is C17H16BrN5O2S. The molecule has 0 saturated heterocycles. The SMILES string of the molecule is CN1CCc2nc(NC(=O)Cn3cnc4ccc(Br)cc4c3=O)sc2C1. The van der Waals surface area contributed by atoms with Crippen LogP contribution in [0.2, 0.25) is 0 Å². The van der Waals surface area contributed by atoms with Crippen LogP contribution in [0.5, 0.6) is 0 Å². The van der Waals surface area contributed by atoms with Crippen LogP contribution in [0, 0.1) is 0 Å². The average molecular weight is 434 g/mol. The first kappa shape index (κ1) is 17.3. The van der Waals surface area contributed by atoms with Crippen molar-refractivity contribution in [3.63, 3.8) is 0 Å². The van der Waals surface area contributed by atoms with E-state index in [1.54, 1.807) is 12.1 Å². The van der Waals surface area contributed by atoms with Crippen LogP contribution in [0.25, 0.3) is 10.9 Å². The molecule has 134 valence electrons. The summed E-state index contributed by atoms with van der Waals surface area (Å²) in [5.41, 5.74) is 1.41. The number of carbonyl (C=O) groups excluding carboxylic acids is 1. The van der Waals surface area contributed by atoms with Gasteiger partial charge in [-0.05, 0) is 25.2 Å². The van der Waals surface area contributed by atoms with Crippen molar-refractivity contribution >= 4 is 49.2 Å². The third-order valence-corrected chi connectivity index (χ3v) is 5.76. The molecule has 26 heavy (non-hydrogen) atoms. The van der Waals surface area contributed by atoms with Gasteiger partial charge in [0, 0.05) is 28.9 Å². The molecule has 1 aromatic carbocycles. The van der Waals surface area contributed by atoms with E-state index < -0.39 is 0 Å². The first-order chi connectivity index (χ1) is 12.5. The Bertz CT molecular complexity index is 1060. The summed E-state index contributed by atoms with van der Waals surface area (Å²) in [6, 6.07) is 5.31. The molecule has 0 radical (unpaired) electrons. The normalized spacial score (nSPS) is 14.4. The van der Waals surface area contributed by atoms with Crippen molar-refractivity contribution in [2.75, 3.05) is 18.9 Å². The molecule has 1 N–H and O–H groups in total. The third kappa shape index (κ3) is 3.42. The maximum atomic E-state index is 12.6. The van der Waals surface area contributed by atoms with E-state index in [9.17, 15) is 9.59 Å². The van der Waals surface area contributed by atoms with Gasteiger partial charge in [-0.2, -0.15) is 0 Å². The smallest absolute Gasteiger partial charge is 0.261 e. The van der Waals surface area contributed by atoms with Crippen LogP contribution in [0.4, 0.5) is 5.13 Å². The van der Waals surface area contributed by atoms with E-state index in [2.05, 4.69) is 43.2 Å². The number of carbonyl (C=O) groups is 1. The Hall–Kier alpha value is -2.10. The van der Waals surface area contributed by atoms with Crippen molar-refractivity contribution in [2.45, 2.75) is 19.5 Å². The van der Waals surface area contributed by atoms with Crippen molar-refractivity contribution in [3.05, 3.63) is 49.9 Å². The number of nitrogens with one attached hydrogen (secondary N) is 1. The Labute approximate surface area is 161 Å². The minimum atomic E-state index is -0.289. The van der Waals surface area contributed by atoms with Gasteiger partial charge in [0.1, 0.15) is 6.54 Å². The Morgan fingerprint density at radius 3 is 3.12 bits per heavy atom. The average Bonchev–Trinajstić information content (AvgIpc) is 2.99.